The van der Waals surface area contributed by atoms with E-state index in [0.717, 1.165) is 0 Å². The normalized spacial score (nSPS) is 36.2. The van der Waals surface area contributed by atoms with Crippen molar-refractivity contribution in [2.45, 2.75) is 50.7 Å². The van der Waals surface area contributed by atoms with Crippen molar-refractivity contribution in [3.63, 3.8) is 0 Å². The molecule has 1 aliphatic heterocycles. The lowest BCUT2D eigenvalue weighted by molar-refractivity contribution is -0.196. The van der Waals surface area contributed by atoms with Gasteiger partial charge in [-0.1, -0.05) is 0 Å². The van der Waals surface area contributed by atoms with Crippen LogP contribution in [0.3, 0.4) is 0 Å². The van der Waals surface area contributed by atoms with Crippen LogP contribution in [-0.2, 0) is 14.3 Å². The van der Waals surface area contributed by atoms with E-state index in [0.29, 0.717) is 0 Å². The maximum Gasteiger partial charge on any atom is 0.217 e. The smallest absolute Gasteiger partial charge is 0.217 e. The standard InChI is InChI=1S/C11H19NO6/c1-5(14)3-7-9(12-6(2)15)11(17)10(16)8(4-13)18-7/h7-11,13,16-17H,3-4H2,1-2H3,(H,12,15)/t7-,8?,9?,10+,11+/m0/s1. The first kappa shape index (κ1) is 15.0. The van der Waals surface area contributed by atoms with Gasteiger partial charge in [0.1, 0.15) is 24.1 Å². The van der Waals surface area contributed by atoms with Crippen LogP contribution in [0.2, 0.25) is 0 Å². The highest BCUT2D eigenvalue weighted by molar-refractivity contribution is 5.77. The maximum absolute atomic E-state index is 11.1. The van der Waals surface area contributed by atoms with Gasteiger partial charge in [-0.25, -0.2) is 0 Å². The van der Waals surface area contributed by atoms with E-state index in [1.807, 2.05) is 0 Å². The van der Waals surface area contributed by atoms with E-state index in [1.165, 1.54) is 13.8 Å². The molecule has 0 saturated carbocycles. The highest BCUT2D eigenvalue weighted by Crippen LogP contribution is 2.23. The predicted octanol–water partition coefficient (Wildman–Crippen LogP) is -2.05. The highest BCUT2D eigenvalue weighted by Gasteiger charge is 2.44. The third-order valence-electron chi connectivity index (χ3n) is 2.89. The van der Waals surface area contributed by atoms with Gasteiger partial charge in [0.15, 0.2) is 0 Å². The van der Waals surface area contributed by atoms with Crippen LogP contribution in [0.25, 0.3) is 0 Å². The van der Waals surface area contributed by atoms with E-state index in [2.05, 4.69) is 5.32 Å². The molecule has 104 valence electrons. The Hall–Kier alpha value is -1.02. The Morgan fingerprint density at radius 3 is 2.22 bits per heavy atom. The molecule has 18 heavy (non-hydrogen) atoms. The summed E-state index contributed by atoms with van der Waals surface area (Å²) in [5.41, 5.74) is 0. The summed E-state index contributed by atoms with van der Waals surface area (Å²) in [6.07, 6.45) is -4.33. The summed E-state index contributed by atoms with van der Waals surface area (Å²) in [6.45, 7) is 2.15. The number of hydrogen-bond donors (Lipinski definition) is 4. The largest absolute Gasteiger partial charge is 0.394 e. The first-order valence-corrected chi connectivity index (χ1v) is 5.75. The van der Waals surface area contributed by atoms with Gasteiger partial charge in [-0.2, -0.15) is 0 Å². The van der Waals surface area contributed by atoms with Crippen LogP contribution in [-0.4, -0.2) is 64.1 Å². The molecule has 7 nitrogen and oxygen atoms in total. The van der Waals surface area contributed by atoms with Crippen molar-refractivity contribution in [1.29, 1.82) is 0 Å². The van der Waals surface area contributed by atoms with Gasteiger partial charge in [0.05, 0.1) is 18.8 Å². The van der Waals surface area contributed by atoms with Gasteiger partial charge < -0.3 is 25.4 Å². The molecule has 0 radical (unpaired) electrons. The lowest BCUT2D eigenvalue weighted by Gasteiger charge is -2.42. The number of aliphatic hydroxyl groups excluding tert-OH is 3. The number of ketones is 1. The highest BCUT2D eigenvalue weighted by atomic mass is 16.5. The Bertz CT molecular complexity index is 321. The molecule has 0 spiro atoms. The number of carbonyl (C=O) groups excluding carboxylic acids is 2. The zero-order chi connectivity index (χ0) is 13.9. The molecule has 5 atom stereocenters. The Labute approximate surface area is 105 Å². The second kappa shape index (κ2) is 6.24. The topological polar surface area (TPSA) is 116 Å². The number of Topliss-reactive ketones (excluding diaryl/α,β-unsaturated/α-hetero) is 1. The van der Waals surface area contributed by atoms with Crippen LogP contribution in [0.5, 0.6) is 0 Å². The van der Waals surface area contributed by atoms with Gasteiger partial charge in [-0.3, -0.25) is 9.59 Å². The van der Waals surface area contributed by atoms with Crippen LogP contribution >= 0.6 is 0 Å². The third-order valence-corrected chi connectivity index (χ3v) is 2.89. The molecule has 1 amide bonds. The first-order chi connectivity index (χ1) is 8.36. The van der Waals surface area contributed by atoms with Gasteiger partial charge in [-0.15, -0.1) is 0 Å². The van der Waals surface area contributed by atoms with Gasteiger partial charge in [0, 0.05) is 13.3 Å². The average molecular weight is 261 g/mol. The fourth-order valence-electron chi connectivity index (χ4n) is 2.06. The summed E-state index contributed by atoms with van der Waals surface area (Å²) in [7, 11) is 0. The Kier molecular flexibility index (Phi) is 5.21. The van der Waals surface area contributed by atoms with E-state index in [-0.39, 0.29) is 12.2 Å². The second-order valence-electron chi connectivity index (χ2n) is 4.51. The van der Waals surface area contributed by atoms with Crippen molar-refractivity contribution in [1.82, 2.24) is 5.32 Å². The summed E-state index contributed by atoms with van der Waals surface area (Å²) >= 11 is 0. The molecule has 1 heterocycles. The van der Waals surface area contributed by atoms with Crippen LogP contribution < -0.4 is 5.32 Å². The molecule has 1 fully saturated rings. The minimum atomic E-state index is -1.31. The second-order valence-corrected chi connectivity index (χ2v) is 4.51. The van der Waals surface area contributed by atoms with Gasteiger partial charge in [-0.05, 0) is 6.92 Å². The molecule has 1 rings (SSSR count). The summed E-state index contributed by atoms with van der Waals surface area (Å²) in [4.78, 5) is 22.2. The molecule has 1 aliphatic rings. The molecule has 0 aromatic carbocycles. The average Bonchev–Trinajstić information content (AvgIpc) is 2.27. The van der Waals surface area contributed by atoms with E-state index in [1.54, 1.807) is 0 Å². The van der Waals surface area contributed by atoms with Crippen LogP contribution in [0.4, 0.5) is 0 Å². The molecule has 4 N–H and O–H groups in total. The number of nitrogens with one attached hydrogen (secondary N) is 1. The van der Waals surface area contributed by atoms with Gasteiger partial charge >= 0.3 is 0 Å². The van der Waals surface area contributed by atoms with Crippen molar-refractivity contribution >= 4 is 11.7 Å². The summed E-state index contributed by atoms with van der Waals surface area (Å²) in [6, 6.07) is -0.871. The SMILES string of the molecule is CC(=O)C[C@@H]1OC(CO)[C@@H](O)[C@H](O)C1NC(C)=O. The maximum atomic E-state index is 11.1. The fraction of sp³-hybridized carbons (Fsp3) is 0.818. The Morgan fingerprint density at radius 1 is 1.17 bits per heavy atom. The third kappa shape index (κ3) is 3.49. The Balaban J connectivity index is 2.86. The first-order valence-electron chi connectivity index (χ1n) is 5.75. The van der Waals surface area contributed by atoms with Crippen molar-refractivity contribution in [2.24, 2.45) is 0 Å². The number of amides is 1. The molecule has 0 aromatic heterocycles. The molecular weight excluding hydrogens is 242 g/mol. The summed E-state index contributed by atoms with van der Waals surface area (Å²) < 4.78 is 5.35. The quantitative estimate of drug-likeness (QED) is 0.463. The molecule has 0 aromatic rings. The van der Waals surface area contributed by atoms with Crippen molar-refractivity contribution in [3.05, 3.63) is 0 Å². The lowest BCUT2D eigenvalue weighted by Crippen LogP contribution is -2.64. The van der Waals surface area contributed by atoms with Gasteiger partial charge in [0.2, 0.25) is 5.91 Å². The van der Waals surface area contributed by atoms with Crippen LogP contribution in [0.15, 0.2) is 0 Å². The van der Waals surface area contributed by atoms with Crippen LogP contribution in [0, 0.1) is 0 Å². The molecule has 2 unspecified atom stereocenters. The molecule has 1 saturated heterocycles. The molecular formula is C11H19NO6. The summed E-state index contributed by atoms with van der Waals surface area (Å²) in [5, 5.41) is 31.1. The Morgan fingerprint density at radius 2 is 1.78 bits per heavy atom. The van der Waals surface area contributed by atoms with Gasteiger partial charge in [0.25, 0.3) is 0 Å². The minimum absolute atomic E-state index is 0.00870. The molecule has 7 heteroatoms. The number of ether oxygens (including phenoxy) is 1. The number of rotatable bonds is 4. The zero-order valence-corrected chi connectivity index (χ0v) is 10.4. The van der Waals surface area contributed by atoms with Crippen molar-refractivity contribution < 1.29 is 29.6 Å². The minimum Gasteiger partial charge on any atom is -0.394 e. The zero-order valence-electron chi connectivity index (χ0n) is 10.4. The monoisotopic (exact) mass is 261 g/mol. The number of hydrogen-bond acceptors (Lipinski definition) is 6. The van der Waals surface area contributed by atoms with Crippen molar-refractivity contribution in [2.75, 3.05) is 6.61 Å². The molecule has 0 aliphatic carbocycles. The van der Waals surface area contributed by atoms with E-state index in [4.69, 9.17) is 9.84 Å². The van der Waals surface area contributed by atoms with Crippen LogP contribution in [0.1, 0.15) is 20.3 Å². The molecule has 0 bridgehead atoms. The van der Waals surface area contributed by atoms with E-state index in [9.17, 15) is 19.8 Å². The fourth-order valence-corrected chi connectivity index (χ4v) is 2.06. The number of aliphatic hydroxyl groups is 3. The van der Waals surface area contributed by atoms with E-state index < -0.39 is 43.0 Å². The van der Waals surface area contributed by atoms with Crippen molar-refractivity contribution in [3.8, 4) is 0 Å². The van der Waals surface area contributed by atoms with E-state index >= 15 is 0 Å². The predicted molar refractivity (Wildman–Crippen MR) is 60.7 cm³/mol. The summed E-state index contributed by atoms with van der Waals surface area (Å²) in [5.74, 6) is -0.568. The lowest BCUT2D eigenvalue weighted by atomic mass is 9.90. The number of carbonyl (C=O) groups is 2.